The third kappa shape index (κ3) is 4.48. The molecule has 1 aromatic carbocycles. The predicted molar refractivity (Wildman–Crippen MR) is 130 cm³/mol. The number of ether oxygens (including phenoxy) is 2. The molecule has 1 aliphatic rings. The van der Waals surface area contributed by atoms with Gasteiger partial charge in [-0.05, 0) is 57.4 Å². The number of hydrogen-bond donors (Lipinski definition) is 1. The molecule has 0 bridgehead atoms. The van der Waals surface area contributed by atoms with Crippen molar-refractivity contribution in [2.75, 3.05) is 32.6 Å². The number of likely N-dealkylation sites (tertiary alicyclic amines) is 1. The average Bonchev–Trinajstić information content (AvgIpc) is 3.18. The van der Waals surface area contributed by atoms with E-state index in [0.717, 1.165) is 36.5 Å². The molecule has 0 aliphatic carbocycles. The first kappa shape index (κ1) is 23.4. The van der Waals surface area contributed by atoms with Crippen molar-refractivity contribution in [3.63, 3.8) is 0 Å². The first-order valence-corrected chi connectivity index (χ1v) is 11.4. The minimum Gasteiger partial charge on any atom is -0.493 e. The van der Waals surface area contributed by atoms with E-state index in [2.05, 4.69) is 10.3 Å². The van der Waals surface area contributed by atoms with Crippen molar-refractivity contribution >= 4 is 17.5 Å². The number of nitrogens with one attached hydrogen (secondary N) is 1. The second-order valence-electron chi connectivity index (χ2n) is 8.37. The smallest absolute Gasteiger partial charge is 0.257 e. The number of anilines is 1. The van der Waals surface area contributed by atoms with Gasteiger partial charge in [0.05, 0.1) is 31.0 Å². The highest BCUT2D eigenvalue weighted by Gasteiger charge is 2.25. The molecule has 2 amide bonds. The van der Waals surface area contributed by atoms with Crippen LogP contribution in [0.25, 0.3) is 5.82 Å². The van der Waals surface area contributed by atoms with E-state index in [1.54, 1.807) is 18.3 Å². The van der Waals surface area contributed by atoms with Crippen LogP contribution in [-0.2, 0) is 0 Å². The van der Waals surface area contributed by atoms with E-state index in [1.807, 2.05) is 47.6 Å². The van der Waals surface area contributed by atoms with Crippen LogP contribution in [0.15, 0.2) is 42.6 Å². The number of carbonyl (C=O) groups is 2. The Labute approximate surface area is 199 Å². The predicted octanol–water partition coefficient (Wildman–Crippen LogP) is 4.38. The Hall–Kier alpha value is -3.81. The van der Waals surface area contributed by atoms with E-state index < -0.39 is 0 Å². The van der Waals surface area contributed by atoms with Crippen LogP contribution in [0.2, 0.25) is 0 Å². The van der Waals surface area contributed by atoms with E-state index in [9.17, 15) is 9.59 Å². The lowest BCUT2D eigenvalue weighted by atomic mass is 10.1. The van der Waals surface area contributed by atoms with Gasteiger partial charge < -0.3 is 24.3 Å². The van der Waals surface area contributed by atoms with Crippen molar-refractivity contribution in [2.24, 2.45) is 0 Å². The van der Waals surface area contributed by atoms with Crippen LogP contribution in [0, 0.1) is 13.8 Å². The third-order valence-corrected chi connectivity index (χ3v) is 6.20. The summed E-state index contributed by atoms with van der Waals surface area (Å²) < 4.78 is 12.8. The number of methoxy groups -OCH3 is 2. The van der Waals surface area contributed by atoms with Crippen LogP contribution in [0.1, 0.15) is 51.4 Å². The molecule has 1 aliphatic heterocycles. The van der Waals surface area contributed by atoms with Gasteiger partial charge in [-0.1, -0.05) is 6.07 Å². The van der Waals surface area contributed by atoms with Crippen molar-refractivity contribution in [2.45, 2.75) is 33.1 Å². The molecule has 1 N–H and O–H groups in total. The fourth-order valence-corrected chi connectivity index (χ4v) is 4.45. The number of amides is 2. The van der Waals surface area contributed by atoms with Gasteiger partial charge in [0.1, 0.15) is 5.82 Å². The lowest BCUT2D eigenvalue weighted by molar-refractivity contribution is 0.0725. The van der Waals surface area contributed by atoms with Crippen LogP contribution < -0.4 is 14.8 Å². The zero-order valence-corrected chi connectivity index (χ0v) is 20.1. The molecule has 3 aromatic rings. The fraction of sp³-hybridized carbons (Fsp3) is 0.346. The zero-order valence-electron chi connectivity index (χ0n) is 20.1. The molecule has 1 saturated heterocycles. The summed E-state index contributed by atoms with van der Waals surface area (Å²) in [6, 6.07) is 10.8. The highest BCUT2D eigenvalue weighted by atomic mass is 16.5. The standard InChI is InChI=1S/C26H30N4O4/c1-17-14-19(18(2)30(17)24-10-6-7-11-27-24)25(31)28-21-16-23(34-4)22(33-3)15-20(21)26(32)29-12-8-5-9-13-29/h6-7,10-11,14-16H,5,8-9,12-13H2,1-4H3,(H,28,31). The maximum absolute atomic E-state index is 13.4. The van der Waals surface area contributed by atoms with Crippen molar-refractivity contribution in [3.8, 4) is 17.3 Å². The van der Waals surface area contributed by atoms with Crippen molar-refractivity contribution < 1.29 is 19.1 Å². The second-order valence-corrected chi connectivity index (χ2v) is 8.37. The van der Waals surface area contributed by atoms with Crippen LogP contribution in [0.4, 0.5) is 5.69 Å². The lowest BCUT2D eigenvalue weighted by Crippen LogP contribution is -2.36. The third-order valence-electron chi connectivity index (χ3n) is 6.20. The summed E-state index contributed by atoms with van der Waals surface area (Å²) in [5.41, 5.74) is 2.93. The number of piperidine rings is 1. The van der Waals surface area contributed by atoms with Gasteiger partial charge in [-0.15, -0.1) is 0 Å². The molecule has 0 saturated carbocycles. The average molecular weight is 463 g/mol. The summed E-state index contributed by atoms with van der Waals surface area (Å²) in [7, 11) is 3.05. The Kier molecular flexibility index (Phi) is 6.86. The Bertz CT molecular complexity index is 1200. The first-order valence-electron chi connectivity index (χ1n) is 11.4. The van der Waals surface area contributed by atoms with E-state index in [1.165, 1.54) is 14.2 Å². The maximum Gasteiger partial charge on any atom is 0.257 e. The van der Waals surface area contributed by atoms with Gasteiger partial charge in [0.15, 0.2) is 11.5 Å². The summed E-state index contributed by atoms with van der Waals surface area (Å²) >= 11 is 0. The van der Waals surface area contributed by atoms with Gasteiger partial charge in [-0.2, -0.15) is 0 Å². The quantitative estimate of drug-likeness (QED) is 0.587. The highest BCUT2D eigenvalue weighted by molar-refractivity contribution is 6.10. The molecule has 3 heterocycles. The number of pyridine rings is 1. The van der Waals surface area contributed by atoms with Crippen LogP contribution in [-0.4, -0.2) is 53.6 Å². The molecule has 2 aromatic heterocycles. The number of aryl methyl sites for hydroxylation is 1. The summed E-state index contributed by atoms with van der Waals surface area (Å²) in [6.07, 6.45) is 4.78. The zero-order chi connectivity index (χ0) is 24.2. The molecule has 0 spiro atoms. The molecule has 0 atom stereocenters. The molecular weight excluding hydrogens is 432 g/mol. The SMILES string of the molecule is COc1cc(NC(=O)c2cc(C)n(-c3ccccn3)c2C)c(C(=O)N2CCCCC2)cc1OC. The summed E-state index contributed by atoms with van der Waals surface area (Å²) in [6.45, 7) is 5.21. The molecule has 34 heavy (non-hydrogen) atoms. The Morgan fingerprint density at radius 2 is 1.65 bits per heavy atom. The molecular formula is C26H30N4O4. The van der Waals surface area contributed by atoms with Gasteiger partial charge >= 0.3 is 0 Å². The molecule has 8 nitrogen and oxygen atoms in total. The summed E-state index contributed by atoms with van der Waals surface area (Å²) in [5.74, 6) is 1.18. The molecule has 178 valence electrons. The summed E-state index contributed by atoms with van der Waals surface area (Å²) in [4.78, 5) is 33.0. The Balaban J connectivity index is 1.70. The molecule has 0 radical (unpaired) electrons. The van der Waals surface area contributed by atoms with Gasteiger partial charge in [0.25, 0.3) is 11.8 Å². The Morgan fingerprint density at radius 3 is 2.29 bits per heavy atom. The van der Waals surface area contributed by atoms with Crippen LogP contribution >= 0.6 is 0 Å². The van der Waals surface area contributed by atoms with Gasteiger partial charge in [-0.25, -0.2) is 4.98 Å². The second kappa shape index (κ2) is 9.99. The largest absolute Gasteiger partial charge is 0.493 e. The number of hydrogen-bond acceptors (Lipinski definition) is 5. The van der Waals surface area contributed by atoms with E-state index in [4.69, 9.17) is 9.47 Å². The number of aromatic nitrogens is 2. The number of nitrogens with zero attached hydrogens (tertiary/aromatic N) is 3. The minimum atomic E-state index is -0.310. The van der Waals surface area contributed by atoms with Crippen LogP contribution in [0.3, 0.4) is 0 Å². The molecule has 0 unspecified atom stereocenters. The van der Waals surface area contributed by atoms with Crippen molar-refractivity contribution in [1.82, 2.24) is 14.5 Å². The van der Waals surface area contributed by atoms with Crippen molar-refractivity contribution in [1.29, 1.82) is 0 Å². The van der Waals surface area contributed by atoms with E-state index in [-0.39, 0.29) is 11.8 Å². The highest BCUT2D eigenvalue weighted by Crippen LogP contribution is 2.35. The van der Waals surface area contributed by atoms with E-state index in [0.29, 0.717) is 41.4 Å². The molecule has 8 heteroatoms. The first-order chi connectivity index (χ1) is 16.4. The molecule has 4 rings (SSSR count). The maximum atomic E-state index is 13.4. The van der Waals surface area contributed by atoms with E-state index >= 15 is 0 Å². The van der Waals surface area contributed by atoms with Gasteiger partial charge in [0, 0.05) is 36.7 Å². The summed E-state index contributed by atoms with van der Waals surface area (Å²) in [5, 5.41) is 2.95. The van der Waals surface area contributed by atoms with Crippen molar-refractivity contribution in [3.05, 3.63) is 65.1 Å². The Morgan fingerprint density at radius 1 is 0.941 bits per heavy atom. The number of rotatable bonds is 6. The monoisotopic (exact) mass is 462 g/mol. The van der Waals surface area contributed by atoms with Crippen LogP contribution in [0.5, 0.6) is 11.5 Å². The minimum absolute atomic E-state index is 0.130. The lowest BCUT2D eigenvalue weighted by Gasteiger charge is -2.28. The molecule has 1 fully saturated rings. The van der Waals surface area contributed by atoms with Gasteiger partial charge in [-0.3, -0.25) is 9.59 Å². The van der Waals surface area contributed by atoms with Gasteiger partial charge in [0.2, 0.25) is 0 Å². The fourth-order valence-electron chi connectivity index (χ4n) is 4.45. The number of carbonyl (C=O) groups excluding carboxylic acids is 2. The topological polar surface area (TPSA) is 85.7 Å². The normalized spacial score (nSPS) is 13.5. The number of benzene rings is 1.